The van der Waals surface area contributed by atoms with E-state index in [-0.39, 0.29) is 17.6 Å². The second kappa shape index (κ2) is 10.7. The van der Waals surface area contributed by atoms with E-state index < -0.39 is 0 Å². The lowest BCUT2D eigenvalue weighted by atomic mass is 10.1. The Morgan fingerprint density at radius 1 is 1.00 bits per heavy atom. The zero-order chi connectivity index (χ0) is 21.3. The zero-order valence-electron chi connectivity index (χ0n) is 17.3. The van der Waals surface area contributed by atoms with E-state index in [9.17, 15) is 14.0 Å². The van der Waals surface area contributed by atoms with Crippen LogP contribution in [-0.2, 0) is 11.2 Å². The van der Waals surface area contributed by atoms with Crippen LogP contribution >= 0.6 is 0 Å². The summed E-state index contributed by atoms with van der Waals surface area (Å²) in [6, 6.07) is 13.3. The molecule has 0 bridgehead atoms. The first kappa shape index (κ1) is 21.8. The van der Waals surface area contributed by atoms with Gasteiger partial charge < -0.3 is 15.0 Å². The van der Waals surface area contributed by atoms with Crippen molar-refractivity contribution in [3.63, 3.8) is 0 Å². The van der Waals surface area contributed by atoms with Gasteiger partial charge in [-0.3, -0.25) is 14.5 Å². The molecule has 1 heterocycles. The summed E-state index contributed by atoms with van der Waals surface area (Å²) in [5.74, 6) is 0.426. The van der Waals surface area contributed by atoms with Crippen LogP contribution < -0.4 is 10.1 Å². The zero-order valence-corrected chi connectivity index (χ0v) is 17.3. The molecular formula is C23H28FN3O3. The molecule has 1 aliphatic rings. The molecule has 2 aromatic carbocycles. The average molecular weight is 413 g/mol. The molecule has 30 heavy (non-hydrogen) atoms. The van der Waals surface area contributed by atoms with Crippen LogP contribution in [0.2, 0.25) is 0 Å². The van der Waals surface area contributed by atoms with Gasteiger partial charge in [-0.1, -0.05) is 12.1 Å². The van der Waals surface area contributed by atoms with Crippen molar-refractivity contribution < 1.29 is 18.7 Å². The van der Waals surface area contributed by atoms with E-state index >= 15 is 0 Å². The number of hydrogen-bond acceptors (Lipinski definition) is 4. The monoisotopic (exact) mass is 413 g/mol. The van der Waals surface area contributed by atoms with Gasteiger partial charge in [0.05, 0.1) is 7.11 Å². The third-order valence-corrected chi connectivity index (χ3v) is 5.33. The number of halogens is 1. The average Bonchev–Trinajstić information content (AvgIpc) is 2.78. The molecule has 2 amide bonds. The maximum atomic E-state index is 12.9. The fourth-order valence-electron chi connectivity index (χ4n) is 3.45. The Morgan fingerprint density at radius 3 is 2.30 bits per heavy atom. The second-order valence-electron chi connectivity index (χ2n) is 7.33. The molecule has 1 saturated heterocycles. The van der Waals surface area contributed by atoms with Crippen molar-refractivity contribution in [2.75, 3.05) is 46.4 Å². The number of amides is 2. The van der Waals surface area contributed by atoms with E-state index in [1.165, 1.54) is 24.3 Å². The minimum atomic E-state index is -0.358. The molecule has 0 saturated carbocycles. The molecule has 0 radical (unpaired) electrons. The Bertz CT molecular complexity index is 832. The molecule has 0 aliphatic carbocycles. The predicted octanol–water partition coefficient (Wildman–Crippen LogP) is 2.34. The van der Waals surface area contributed by atoms with E-state index in [1.54, 1.807) is 7.11 Å². The van der Waals surface area contributed by atoms with Crippen LogP contribution in [0.25, 0.3) is 0 Å². The summed E-state index contributed by atoms with van der Waals surface area (Å²) < 4.78 is 18.1. The molecule has 1 fully saturated rings. The number of nitrogens with zero attached hydrogens (tertiary/aromatic N) is 2. The number of nitrogens with one attached hydrogen (secondary N) is 1. The summed E-state index contributed by atoms with van der Waals surface area (Å²) in [6.07, 6.45) is 1.22. The largest absolute Gasteiger partial charge is 0.497 e. The van der Waals surface area contributed by atoms with Gasteiger partial charge in [0.25, 0.3) is 5.91 Å². The van der Waals surface area contributed by atoms with Crippen molar-refractivity contribution in [2.45, 2.75) is 12.8 Å². The van der Waals surface area contributed by atoms with Crippen LogP contribution in [0.15, 0.2) is 48.5 Å². The highest BCUT2D eigenvalue weighted by Gasteiger charge is 2.20. The molecule has 3 rings (SSSR count). The van der Waals surface area contributed by atoms with E-state index in [0.717, 1.165) is 37.4 Å². The van der Waals surface area contributed by atoms with Crippen LogP contribution in [0.5, 0.6) is 5.75 Å². The van der Waals surface area contributed by atoms with Crippen LogP contribution in [-0.4, -0.2) is 68.0 Å². The fraction of sp³-hybridized carbons (Fsp3) is 0.391. The summed E-state index contributed by atoms with van der Waals surface area (Å²) in [4.78, 5) is 28.7. The summed E-state index contributed by atoms with van der Waals surface area (Å²) in [5.41, 5.74) is 1.57. The summed E-state index contributed by atoms with van der Waals surface area (Å²) in [6.45, 7) is 4.23. The van der Waals surface area contributed by atoms with Crippen molar-refractivity contribution in [3.05, 3.63) is 65.5 Å². The van der Waals surface area contributed by atoms with Crippen molar-refractivity contribution in [1.29, 1.82) is 0 Å². The van der Waals surface area contributed by atoms with Crippen molar-refractivity contribution >= 4 is 11.8 Å². The summed E-state index contributed by atoms with van der Waals surface area (Å²) in [7, 11) is 1.64. The quantitative estimate of drug-likeness (QED) is 0.722. The molecule has 0 aromatic heterocycles. The number of ether oxygens (including phenoxy) is 1. The molecule has 1 aliphatic heterocycles. The van der Waals surface area contributed by atoms with Gasteiger partial charge in [-0.25, -0.2) is 4.39 Å². The third kappa shape index (κ3) is 6.29. The SMILES string of the molecule is COc1ccc(CCC(=O)N2CCN(CCNC(=O)c3ccc(F)cc3)CC2)cc1. The number of carbonyl (C=O) groups is 2. The number of piperazine rings is 1. The van der Waals surface area contributed by atoms with Gasteiger partial charge in [-0.2, -0.15) is 0 Å². The first-order valence-electron chi connectivity index (χ1n) is 10.2. The lowest BCUT2D eigenvalue weighted by Crippen LogP contribution is -2.50. The number of aryl methyl sites for hydroxylation is 1. The lowest BCUT2D eigenvalue weighted by Gasteiger charge is -2.34. The van der Waals surface area contributed by atoms with Crippen LogP contribution in [0, 0.1) is 5.82 Å². The molecule has 160 valence electrons. The van der Waals surface area contributed by atoms with Gasteiger partial charge in [-0.05, 0) is 48.4 Å². The Labute approximate surface area is 176 Å². The van der Waals surface area contributed by atoms with Gasteiger partial charge in [0, 0.05) is 51.3 Å². The molecule has 1 N–H and O–H groups in total. The number of methoxy groups -OCH3 is 1. The van der Waals surface area contributed by atoms with Crippen LogP contribution in [0.3, 0.4) is 0 Å². The number of carbonyl (C=O) groups excluding carboxylic acids is 2. The van der Waals surface area contributed by atoms with Gasteiger partial charge in [0.15, 0.2) is 0 Å². The van der Waals surface area contributed by atoms with E-state index in [2.05, 4.69) is 10.2 Å². The molecule has 0 spiro atoms. The highest BCUT2D eigenvalue weighted by atomic mass is 19.1. The van der Waals surface area contributed by atoms with Crippen molar-refractivity contribution in [3.8, 4) is 5.75 Å². The maximum Gasteiger partial charge on any atom is 0.251 e. The van der Waals surface area contributed by atoms with Gasteiger partial charge in [0.2, 0.25) is 5.91 Å². The number of benzene rings is 2. The highest BCUT2D eigenvalue weighted by molar-refractivity contribution is 5.94. The summed E-state index contributed by atoms with van der Waals surface area (Å²) >= 11 is 0. The molecule has 0 unspecified atom stereocenters. The maximum absolute atomic E-state index is 12.9. The van der Waals surface area contributed by atoms with Crippen molar-refractivity contribution in [1.82, 2.24) is 15.1 Å². The Balaban J connectivity index is 1.33. The molecule has 7 heteroatoms. The summed E-state index contributed by atoms with van der Waals surface area (Å²) in [5, 5.41) is 2.85. The standard InChI is InChI=1S/C23H28FN3O3/c1-30-21-9-2-18(3-10-21)4-11-22(28)27-16-14-26(15-17-27)13-12-25-23(29)19-5-7-20(24)8-6-19/h2-3,5-10H,4,11-17H2,1H3,(H,25,29). The first-order valence-corrected chi connectivity index (χ1v) is 10.2. The smallest absolute Gasteiger partial charge is 0.251 e. The van der Waals surface area contributed by atoms with Gasteiger partial charge in [0.1, 0.15) is 11.6 Å². The predicted molar refractivity (Wildman–Crippen MR) is 113 cm³/mol. The fourth-order valence-corrected chi connectivity index (χ4v) is 3.45. The number of hydrogen-bond donors (Lipinski definition) is 1. The number of rotatable bonds is 8. The third-order valence-electron chi connectivity index (χ3n) is 5.33. The molecule has 6 nitrogen and oxygen atoms in total. The van der Waals surface area contributed by atoms with Crippen LogP contribution in [0.4, 0.5) is 4.39 Å². The van der Waals surface area contributed by atoms with E-state index in [4.69, 9.17) is 4.74 Å². The minimum absolute atomic E-state index is 0.176. The molecule has 0 atom stereocenters. The molecular weight excluding hydrogens is 385 g/mol. The second-order valence-corrected chi connectivity index (χ2v) is 7.33. The van der Waals surface area contributed by atoms with Crippen LogP contribution in [0.1, 0.15) is 22.3 Å². The van der Waals surface area contributed by atoms with Gasteiger partial charge in [-0.15, -0.1) is 0 Å². The molecule has 2 aromatic rings. The van der Waals surface area contributed by atoms with Gasteiger partial charge >= 0.3 is 0 Å². The topological polar surface area (TPSA) is 61.9 Å². The normalized spacial score (nSPS) is 14.4. The minimum Gasteiger partial charge on any atom is -0.497 e. The highest BCUT2D eigenvalue weighted by Crippen LogP contribution is 2.13. The van der Waals surface area contributed by atoms with E-state index in [1.807, 2.05) is 29.2 Å². The first-order chi connectivity index (χ1) is 14.5. The van der Waals surface area contributed by atoms with E-state index in [0.29, 0.717) is 31.6 Å². The van der Waals surface area contributed by atoms with Crippen molar-refractivity contribution in [2.24, 2.45) is 0 Å². The Hall–Kier alpha value is -2.93. The Morgan fingerprint density at radius 2 is 1.67 bits per heavy atom. The lowest BCUT2D eigenvalue weighted by molar-refractivity contribution is -0.132. The Kier molecular flexibility index (Phi) is 7.79.